The number of hydrogen-bond acceptors (Lipinski definition) is 4. The number of amides is 1. The van der Waals surface area contributed by atoms with E-state index in [4.69, 9.17) is 16.3 Å². The van der Waals surface area contributed by atoms with Crippen LogP contribution in [0.2, 0.25) is 5.02 Å². The maximum absolute atomic E-state index is 12.7. The van der Waals surface area contributed by atoms with Gasteiger partial charge in [-0.3, -0.25) is 4.79 Å². The van der Waals surface area contributed by atoms with Gasteiger partial charge in [-0.1, -0.05) is 41.9 Å². The molecule has 1 aliphatic rings. The summed E-state index contributed by atoms with van der Waals surface area (Å²) in [5.74, 6) is 0.551. The number of hydrogen-bond donors (Lipinski definition) is 2. The first-order valence-corrected chi connectivity index (χ1v) is 9.80. The molecule has 1 fully saturated rings. The molecule has 1 aliphatic heterocycles. The molecule has 2 aromatic carbocycles. The minimum atomic E-state index is -0.135. The lowest BCUT2D eigenvalue weighted by molar-refractivity contribution is 0.0859. The quantitative estimate of drug-likeness (QED) is 0.648. The molecule has 0 saturated carbocycles. The van der Waals surface area contributed by atoms with Crippen LogP contribution in [0.4, 0.5) is 11.5 Å². The normalized spacial score (nSPS) is 16.3. The Morgan fingerprint density at radius 3 is 2.82 bits per heavy atom. The van der Waals surface area contributed by atoms with Gasteiger partial charge in [0.1, 0.15) is 5.82 Å². The van der Waals surface area contributed by atoms with Gasteiger partial charge in [-0.05, 0) is 42.8 Å². The Morgan fingerprint density at radius 1 is 1.25 bits per heavy atom. The highest BCUT2D eigenvalue weighted by Crippen LogP contribution is 2.28. The second-order valence-electron chi connectivity index (χ2n) is 7.00. The van der Waals surface area contributed by atoms with Crippen LogP contribution in [0.15, 0.2) is 48.7 Å². The fourth-order valence-corrected chi connectivity index (χ4v) is 3.57. The molecule has 0 aliphatic carbocycles. The number of halogens is 1. The van der Waals surface area contributed by atoms with Crippen molar-refractivity contribution in [2.24, 2.45) is 0 Å². The largest absolute Gasteiger partial charge is 0.376 e. The predicted molar refractivity (Wildman–Crippen MR) is 113 cm³/mol. The van der Waals surface area contributed by atoms with Crippen LogP contribution in [0.5, 0.6) is 0 Å². The Kier molecular flexibility index (Phi) is 5.46. The fraction of sp³-hybridized carbons (Fsp3) is 0.273. The second-order valence-corrected chi connectivity index (χ2v) is 7.41. The Hall–Kier alpha value is -2.63. The standard InChI is InChI=1S/C22H22ClN3O2/c1-14-8-9-15(11-20(14)23)26-21-18-7-3-2-6-17(18)19(13-24-21)22(27)25-12-16-5-4-10-28-16/h2-3,6-9,11,13,16H,4-5,10,12H2,1H3,(H,24,26)(H,25,27). The maximum Gasteiger partial charge on any atom is 0.253 e. The van der Waals surface area contributed by atoms with E-state index in [9.17, 15) is 4.79 Å². The molecule has 2 N–H and O–H groups in total. The number of fused-ring (bicyclic) bond motifs is 1. The molecule has 1 saturated heterocycles. The van der Waals surface area contributed by atoms with Crippen LogP contribution in [0, 0.1) is 6.92 Å². The van der Waals surface area contributed by atoms with Crippen LogP contribution in [0.1, 0.15) is 28.8 Å². The Balaban J connectivity index is 1.60. The summed E-state index contributed by atoms with van der Waals surface area (Å²) < 4.78 is 5.58. The fourth-order valence-electron chi connectivity index (χ4n) is 3.39. The van der Waals surface area contributed by atoms with Crippen molar-refractivity contribution in [3.63, 3.8) is 0 Å². The van der Waals surface area contributed by atoms with Crippen molar-refractivity contribution in [1.29, 1.82) is 0 Å². The van der Waals surface area contributed by atoms with Crippen LogP contribution in [0.25, 0.3) is 10.8 Å². The number of aryl methyl sites for hydroxylation is 1. The summed E-state index contributed by atoms with van der Waals surface area (Å²) in [6.07, 6.45) is 3.76. The molecule has 1 atom stereocenters. The number of nitrogens with one attached hydrogen (secondary N) is 2. The number of aromatic nitrogens is 1. The molecule has 0 radical (unpaired) electrons. The van der Waals surface area contributed by atoms with Gasteiger partial charge in [0, 0.05) is 35.4 Å². The van der Waals surface area contributed by atoms with E-state index in [1.807, 2.05) is 49.4 Å². The van der Waals surface area contributed by atoms with Crippen molar-refractivity contribution in [2.75, 3.05) is 18.5 Å². The monoisotopic (exact) mass is 395 g/mol. The van der Waals surface area contributed by atoms with E-state index in [0.717, 1.165) is 41.5 Å². The maximum atomic E-state index is 12.7. The predicted octanol–water partition coefficient (Wildman–Crippen LogP) is 4.85. The van der Waals surface area contributed by atoms with E-state index < -0.39 is 0 Å². The van der Waals surface area contributed by atoms with Crippen molar-refractivity contribution >= 4 is 39.8 Å². The van der Waals surface area contributed by atoms with Gasteiger partial charge in [0.15, 0.2) is 0 Å². The molecule has 1 amide bonds. The van der Waals surface area contributed by atoms with Crippen molar-refractivity contribution in [3.8, 4) is 0 Å². The van der Waals surface area contributed by atoms with Crippen molar-refractivity contribution in [2.45, 2.75) is 25.9 Å². The van der Waals surface area contributed by atoms with Crippen LogP contribution in [-0.4, -0.2) is 30.1 Å². The summed E-state index contributed by atoms with van der Waals surface area (Å²) in [5, 5.41) is 8.71. The highest BCUT2D eigenvalue weighted by Gasteiger charge is 2.18. The number of ether oxygens (including phenoxy) is 1. The first-order valence-electron chi connectivity index (χ1n) is 9.42. The molecule has 1 aromatic heterocycles. The minimum Gasteiger partial charge on any atom is -0.376 e. The summed E-state index contributed by atoms with van der Waals surface area (Å²) >= 11 is 6.23. The van der Waals surface area contributed by atoms with Crippen LogP contribution < -0.4 is 10.6 Å². The van der Waals surface area contributed by atoms with Gasteiger partial charge in [0.2, 0.25) is 0 Å². The number of pyridine rings is 1. The molecule has 3 aromatic rings. The van der Waals surface area contributed by atoms with Crippen molar-refractivity contribution in [1.82, 2.24) is 10.3 Å². The van der Waals surface area contributed by atoms with E-state index in [-0.39, 0.29) is 12.0 Å². The topological polar surface area (TPSA) is 63.2 Å². The molecular formula is C22H22ClN3O2. The molecule has 1 unspecified atom stereocenters. The zero-order chi connectivity index (χ0) is 19.5. The smallest absolute Gasteiger partial charge is 0.253 e. The highest BCUT2D eigenvalue weighted by atomic mass is 35.5. The Labute approximate surface area is 169 Å². The van der Waals surface area contributed by atoms with Crippen molar-refractivity contribution < 1.29 is 9.53 Å². The van der Waals surface area contributed by atoms with Crippen LogP contribution >= 0.6 is 11.6 Å². The molecule has 6 heteroatoms. The third-order valence-electron chi connectivity index (χ3n) is 4.99. The molecule has 28 heavy (non-hydrogen) atoms. The zero-order valence-electron chi connectivity index (χ0n) is 15.7. The van der Waals surface area contributed by atoms with E-state index in [1.165, 1.54) is 0 Å². The van der Waals surface area contributed by atoms with Gasteiger partial charge in [-0.15, -0.1) is 0 Å². The first-order chi connectivity index (χ1) is 13.6. The van der Waals surface area contributed by atoms with Gasteiger partial charge in [-0.25, -0.2) is 4.98 Å². The van der Waals surface area contributed by atoms with E-state index in [1.54, 1.807) is 6.20 Å². The number of carbonyl (C=O) groups excluding carboxylic acids is 1. The molecule has 5 nitrogen and oxygen atoms in total. The lowest BCUT2D eigenvalue weighted by Crippen LogP contribution is -2.32. The van der Waals surface area contributed by atoms with Gasteiger partial charge < -0.3 is 15.4 Å². The van der Waals surface area contributed by atoms with Gasteiger partial charge in [0.05, 0.1) is 11.7 Å². The Morgan fingerprint density at radius 2 is 2.07 bits per heavy atom. The average molecular weight is 396 g/mol. The first kappa shape index (κ1) is 18.7. The lowest BCUT2D eigenvalue weighted by atomic mass is 10.1. The number of benzene rings is 2. The summed E-state index contributed by atoms with van der Waals surface area (Å²) in [5.41, 5.74) is 2.42. The van der Waals surface area contributed by atoms with E-state index in [2.05, 4.69) is 15.6 Å². The molecule has 2 heterocycles. The number of rotatable bonds is 5. The van der Waals surface area contributed by atoms with Crippen LogP contribution in [-0.2, 0) is 4.74 Å². The third kappa shape index (κ3) is 3.96. The van der Waals surface area contributed by atoms with Gasteiger partial charge in [-0.2, -0.15) is 0 Å². The third-order valence-corrected chi connectivity index (χ3v) is 5.40. The van der Waals surface area contributed by atoms with Crippen LogP contribution in [0.3, 0.4) is 0 Å². The number of carbonyl (C=O) groups is 1. The SMILES string of the molecule is Cc1ccc(Nc2ncc(C(=O)NCC3CCCO3)c3ccccc23)cc1Cl. The van der Waals surface area contributed by atoms with E-state index in [0.29, 0.717) is 22.9 Å². The lowest BCUT2D eigenvalue weighted by Gasteiger charge is -2.14. The van der Waals surface area contributed by atoms with Crippen molar-refractivity contribution in [3.05, 3.63) is 64.8 Å². The number of anilines is 2. The number of nitrogens with zero attached hydrogens (tertiary/aromatic N) is 1. The molecular weight excluding hydrogens is 374 g/mol. The summed E-state index contributed by atoms with van der Waals surface area (Å²) in [7, 11) is 0. The molecule has 144 valence electrons. The van der Waals surface area contributed by atoms with E-state index >= 15 is 0 Å². The minimum absolute atomic E-state index is 0.107. The zero-order valence-corrected chi connectivity index (χ0v) is 16.4. The molecule has 4 rings (SSSR count). The molecule has 0 bridgehead atoms. The van der Waals surface area contributed by atoms with Gasteiger partial charge in [0.25, 0.3) is 5.91 Å². The summed E-state index contributed by atoms with van der Waals surface area (Å²) in [4.78, 5) is 17.2. The molecule has 0 spiro atoms. The highest BCUT2D eigenvalue weighted by molar-refractivity contribution is 6.31. The Bertz CT molecular complexity index is 1020. The summed E-state index contributed by atoms with van der Waals surface area (Å²) in [6.45, 7) is 3.26. The van der Waals surface area contributed by atoms with Gasteiger partial charge >= 0.3 is 0 Å². The summed E-state index contributed by atoms with van der Waals surface area (Å²) in [6, 6.07) is 13.5. The second kappa shape index (κ2) is 8.17. The average Bonchev–Trinajstić information content (AvgIpc) is 3.23.